The summed E-state index contributed by atoms with van der Waals surface area (Å²) in [4.78, 5) is 15.1. The van der Waals surface area contributed by atoms with Crippen molar-refractivity contribution in [2.24, 2.45) is 11.7 Å². The number of carbonyl (C=O) groups is 1. The fourth-order valence-corrected chi connectivity index (χ4v) is 3.32. The highest BCUT2D eigenvalue weighted by molar-refractivity contribution is 7.80. The van der Waals surface area contributed by atoms with Crippen molar-refractivity contribution < 1.29 is 4.79 Å². The normalized spacial score (nSPS) is 28.1. The number of nitrogens with zero attached hydrogens (tertiary/aromatic N) is 1. The molecule has 3 N–H and O–H groups in total. The Morgan fingerprint density at radius 3 is 2.60 bits per heavy atom. The third kappa shape index (κ3) is 2.69. The molecule has 1 aromatic rings. The average Bonchev–Trinajstić information content (AvgIpc) is 2.48. The fourth-order valence-electron chi connectivity index (χ4n) is 3.19. The summed E-state index contributed by atoms with van der Waals surface area (Å²) in [6, 6.07) is 7.49. The summed E-state index contributed by atoms with van der Waals surface area (Å²) < 4.78 is 0. The molecule has 3 aliphatic rings. The summed E-state index contributed by atoms with van der Waals surface area (Å²) in [6.45, 7) is 3.33. The summed E-state index contributed by atoms with van der Waals surface area (Å²) in [5.74, 6) is 0.601. The van der Waals surface area contributed by atoms with E-state index >= 15 is 0 Å². The molecular weight excluding hydrogens is 270 g/mol. The van der Waals surface area contributed by atoms with Gasteiger partial charge in [-0.3, -0.25) is 4.79 Å². The quantitative estimate of drug-likeness (QED) is 0.820. The number of thiocarbonyl (C=S) groups is 1. The van der Waals surface area contributed by atoms with E-state index in [1.165, 1.54) is 25.9 Å². The predicted octanol–water partition coefficient (Wildman–Crippen LogP) is 1.14. The van der Waals surface area contributed by atoms with Gasteiger partial charge >= 0.3 is 0 Å². The number of piperidine rings is 3. The van der Waals surface area contributed by atoms with E-state index in [4.69, 9.17) is 18.0 Å². The SMILES string of the molecule is NC(=S)c1cccc(C(=O)NC2CN3CCC2CC3)c1. The minimum atomic E-state index is -0.0261. The molecule has 5 heteroatoms. The molecule has 0 aliphatic carbocycles. The summed E-state index contributed by atoms with van der Waals surface area (Å²) in [6.07, 6.45) is 2.38. The molecule has 3 aliphatic heterocycles. The molecule has 0 spiro atoms. The van der Waals surface area contributed by atoms with E-state index < -0.39 is 0 Å². The largest absolute Gasteiger partial charge is 0.389 e. The second-order valence-electron chi connectivity index (χ2n) is 5.66. The maximum Gasteiger partial charge on any atom is 0.251 e. The van der Waals surface area contributed by atoms with Crippen LogP contribution in [-0.2, 0) is 0 Å². The molecule has 1 aromatic carbocycles. The van der Waals surface area contributed by atoms with Crippen LogP contribution >= 0.6 is 12.2 Å². The van der Waals surface area contributed by atoms with Crippen LogP contribution in [-0.4, -0.2) is 41.5 Å². The van der Waals surface area contributed by atoms with Gasteiger partial charge in [0.2, 0.25) is 0 Å². The van der Waals surface area contributed by atoms with Crippen molar-refractivity contribution in [2.75, 3.05) is 19.6 Å². The number of nitrogens with two attached hydrogens (primary N) is 1. The summed E-state index contributed by atoms with van der Waals surface area (Å²) in [7, 11) is 0. The molecule has 3 heterocycles. The second kappa shape index (κ2) is 5.50. The van der Waals surface area contributed by atoms with Gasteiger partial charge in [0.25, 0.3) is 5.91 Å². The molecule has 1 amide bonds. The Kier molecular flexibility index (Phi) is 3.72. The first kappa shape index (κ1) is 13.5. The first-order chi connectivity index (χ1) is 9.63. The van der Waals surface area contributed by atoms with Crippen molar-refractivity contribution in [3.05, 3.63) is 35.4 Å². The lowest BCUT2D eigenvalue weighted by atomic mass is 9.84. The van der Waals surface area contributed by atoms with Crippen LogP contribution in [0.3, 0.4) is 0 Å². The topological polar surface area (TPSA) is 58.4 Å². The molecule has 3 fully saturated rings. The maximum atomic E-state index is 12.4. The zero-order valence-corrected chi connectivity index (χ0v) is 12.2. The number of rotatable bonds is 3. The number of nitrogens with one attached hydrogen (secondary N) is 1. The van der Waals surface area contributed by atoms with Gasteiger partial charge in [0.15, 0.2) is 0 Å². The molecule has 2 bridgehead atoms. The summed E-state index contributed by atoms with van der Waals surface area (Å²) in [5.41, 5.74) is 6.98. The molecule has 3 saturated heterocycles. The Balaban J connectivity index is 1.70. The van der Waals surface area contributed by atoms with Gasteiger partial charge in [-0.1, -0.05) is 24.4 Å². The van der Waals surface area contributed by atoms with Crippen LogP contribution in [0.1, 0.15) is 28.8 Å². The van der Waals surface area contributed by atoms with Crippen LogP contribution in [0.15, 0.2) is 24.3 Å². The Bertz CT molecular complexity index is 538. The van der Waals surface area contributed by atoms with E-state index in [0.717, 1.165) is 12.1 Å². The van der Waals surface area contributed by atoms with Crippen LogP contribution in [0, 0.1) is 5.92 Å². The average molecular weight is 289 g/mol. The van der Waals surface area contributed by atoms with E-state index in [1.807, 2.05) is 12.1 Å². The molecule has 4 rings (SSSR count). The number of carbonyl (C=O) groups excluding carboxylic acids is 1. The zero-order valence-electron chi connectivity index (χ0n) is 11.3. The number of benzene rings is 1. The van der Waals surface area contributed by atoms with Crippen molar-refractivity contribution in [1.82, 2.24) is 10.2 Å². The van der Waals surface area contributed by atoms with Gasteiger partial charge in [0, 0.05) is 23.7 Å². The van der Waals surface area contributed by atoms with Gasteiger partial charge in [-0.15, -0.1) is 0 Å². The maximum absolute atomic E-state index is 12.4. The molecule has 0 aromatic heterocycles. The first-order valence-electron chi connectivity index (χ1n) is 7.06. The minimum Gasteiger partial charge on any atom is -0.389 e. The van der Waals surface area contributed by atoms with Crippen LogP contribution in [0.25, 0.3) is 0 Å². The summed E-state index contributed by atoms with van der Waals surface area (Å²) in [5, 5.41) is 3.17. The highest BCUT2D eigenvalue weighted by Gasteiger charge is 2.34. The van der Waals surface area contributed by atoms with Gasteiger partial charge in [0.1, 0.15) is 4.99 Å². The lowest BCUT2D eigenvalue weighted by Crippen LogP contribution is -2.57. The van der Waals surface area contributed by atoms with Crippen LogP contribution in [0.5, 0.6) is 0 Å². The predicted molar refractivity (Wildman–Crippen MR) is 82.7 cm³/mol. The van der Waals surface area contributed by atoms with E-state index in [9.17, 15) is 4.79 Å². The zero-order chi connectivity index (χ0) is 14.1. The second-order valence-corrected chi connectivity index (χ2v) is 6.10. The molecular formula is C15H19N3OS. The summed E-state index contributed by atoms with van der Waals surface area (Å²) >= 11 is 4.95. The van der Waals surface area contributed by atoms with Gasteiger partial charge in [-0.25, -0.2) is 0 Å². The van der Waals surface area contributed by atoms with Crippen molar-refractivity contribution in [3.63, 3.8) is 0 Å². The van der Waals surface area contributed by atoms with Crippen molar-refractivity contribution >= 4 is 23.1 Å². The molecule has 0 saturated carbocycles. The van der Waals surface area contributed by atoms with E-state index in [-0.39, 0.29) is 11.9 Å². The molecule has 4 nitrogen and oxygen atoms in total. The Morgan fingerprint density at radius 1 is 1.30 bits per heavy atom. The molecule has 1 atom stereocenters. The van der Waals surface area contributed by atoms with Gasteiger partial charge in [-0.05, 0) is 44.0 Å². The van der Waals surface area contributed by atoms with Crippen molar-refractivity contribution in [1.29, 1.82) is 0 Å². The Morgan fingerprint density at radius 2 is 2.00 bits per heavy atom. The van der Waals surface area contributed by atoms with Crippen molar-refractivity contribution in [3.8, 4) is 0 Å². The number of hydrogen-bond donors (Lipinski definition) is 2. The molecule has 20 heavy (non-hydrogen) atoms. The first-order valence-corrected chi connectivity index (χ1v) is 7.47. The van der Waals surface area contributed by atoms with Crippen LogP contribution in [0.4, 0.5) is 0 Å². The molecule has 106 valence electrons. The number of fused-ring (bicyclic) bond motifs is 3. The van der Waals surface area contributed by atoms with Crippen molar-refractivity contribution in [2.45, 2.75) is 18.9 Å². The van der Waals surface area contributed by atoms with Gasteiger partial charge in [-0.2, -0.15) is 0 Å². The van der Waals surface area contributed by atoms with E-state index in [2.05, 4.69) is 10.2 Å². The smallest absolute Gasteiger partial charge is 0.251 e. The van der Waals surface area contributed by atoms with E-state index in [0.29, 0.717) is 16.5 Å². The monoisotopic (exact) mass is 289 g/mol. The number of amides is 1. The minimum absolute atomic E-state index is 0.0261. The van der Waals surface area contributed by atoms with Crippen LogP contribution < -0.4 is 11.1 Å². The van der Waals surface area contributed by atoms with Gasteiger partial charge in [0.05, 0.1) is 0 Å². The highest BCUT2D eigenvalue weighted by atomic mass is 32.1. The number of hydrogen-bond acceptors (Lipinski definition) is 3. The lowest BCUT2D eigenvalue weighted by molar-refractivity contribution is 0.0620. The highest BCUT2D eigenvalue weighted by Crippen LogP contribution is 2.27. The Hall–Kier alpha value is -1.46. The Labute approximate surface area is 124 Å². The molecule has 0 radical (unpaired) electrons. The standard InChI is InChI=1S/C15H19N3OS/c16-14(20)11-2-1-3-12(8-11)15(19)17-13-9-18-6-4-10(13)5-7-18/h1-3,8,10,13H,4-7,9H2,(H2,16,20)(H,17,19). The lowest BCUT2D eigenvalue weighted by Gasteiger charge is -2.44. The third-order valence-corrected chi connectivity index (χ3v) is 4.62. The van der Waals surface area contributed by atoms with Gasteiger partial charge < -0.3 is 16.0 Å². The molecule has 1 unspecified atom stereocenters. The fraction of sp³-hybridized carbons (Fsp3) is 0.467. The van der Waals surface area contributed by atoms with Crippen LogP contribution in [0.2, 0.25) is 0 Å². The van der Waals surface area contributed by atoms with E-state index in [1.54, 1.807) is 12.1 Å². The third-order valence-electron chi connectivity index (χ3n) is 4.38.